The molecule has 0 spiro atoms. The van der Waals surface area contributed by atoms with Crippen molar-refractivity contribution in [3.8, 4) is 0 Å². The molecule has 226 valence electrons. The molecule has 40 heavy (non-hydrogen) atoms. The second kappa shape index (κ2) is 8.94. The van der Waals surface area contributed by atoms with E-state index in [-0.39, 0.29) is 51.9 Å². The molecule has 1 aliphatic heterocycles. The monoisotopic (exact) mass is 557 g/mol. The third-order valence-electron chi connectivity index (χ3n) is 15.0. The number of aliphatic carboxylic acids is 1. The van der Waals surface area contributed by atoms with Crippen LogP contribution >= 0.6 is 0 Å². The van der Waals surface area contributed by atoms with Crippen LogP contribution in [0.2, 0.25) is 0 Å². The molecule has 0 unspecified atom stereocenters. The van der Waals surface area contributed by atoms with E-state index in [4.69, 9.17) is 9.84 Å². The van der Waals surface area contributed by atoms with Crippen molar-refractivity contribution in [1.82, 2.24) is 5.32 Å². The van der Waals surface area contributed by atoms with Crippen LogP contribution in [0, 0.1) is 56.2 Å². The smallest absolute Gasteiger partial charge is 0.303 e. The first-order valence-electron chi connectivity index (χ1n) is 16.3. The topological polar surface area (TPSA) is 95.9 Å². The number of amides is 1. The molecule has 2 bridgehead atoms. The third-order valence-corrected chi connectivity index (χ3v) is 15.0. The number of carboxylic acid groups (broad SMARTS) is 1. The number of hydrogen-bond acceptors (Lipinski definition) is 4. The maximum Gasteiger partial charge on any atom is 0.303 e. The molecular formula is C34H55NO5. The van der Waals surface area contributed by atoms with Crippen molar-refractivity contribution in [2.45, 2.75) is 137 Å². The van der Waals surface area contributed by atoms with Crippen molar-refractivity contribution in [2.24, 2.45) is 56.2 Å². The Morgan fingerprint density at radius 1 is 0.850 bits per heavy atom. The molecule has 6 nitrogen and oxygen atoms in total. The minimum absolute atomic E-state index is 0.00487. The summed E-state index contributed by atoms with van der Waals surface area (Å²) in [5.41, 5.74) is 0.785. The highest BCUT2D eigenvalue weighted by atomic mass is 16.5. The Bertz CT molecular complexity index is 1070. The van der Waals surface area contributed by atoms with E-state index in [0.717, 1.165) is 19.4 Å². The molecule has 1 amide bonds. The summed E-state index contributed by atoms with van der Waals surface area (Å²) in [5, 5.41) is 23.8. The molecule has 5 saturated carbocycles. The molecule has 0 radical (unpaired) electrons. The number of fused-ring (bicyclic) bond motifs is 5. The third kappa shape index (κ3) is 3.72. The molecule has 6 fully saturated rings. The van der Waals surface area contributed by atoms with Gasteiger partial charge < -0.3 is 20.3 Å². The number of carboxylic acids is 1. The normalized spacial score (nSPS) is 52.0. The average Bonchev–Trinajstić information content (AvgIpc) is 3.20. The summed E-state index contributed by atoms with van der Waals surface area (Å²) >= 11 is 0. The van der Waals surface area contributed by atoms with E-state index in [1.54, 1.807) is 0 Å². The van der Waals surface area contributed by atoms with E-state index < -0.39 is 12.1 Å². The van der Waals surface area contributed by atoms with Gasteiger partial charge in [0.05, 0.1) is 31.3 Å². The Hall–Kier alpha value is -1.14. The zero-order valence-electron chi connectivity index (χ0n) is 26.1. The number of ether oxygens (including phenoxy) is 1. The highest BCUT2D eigenvalue weighted by molar-refractivity contribution is 5.80. The van der Waals surface area contributed by atoms with Crippen LogP contribution in [0.3, 0.4) is 0 Å². The second-order valence-corrected chi connectivity index (χ2v) is 17.3. The minimum atomic E-state index is -0.964. The summed E-state index contributed by atoms with van der Waals surface area (Å²) in [5.74, 6) is 1.08. The average molecular weight is 558 g/mol. The number of rotatable bonds is 4. The molecule has 5 aliphatic carbocycles. The van der Waals surface area contributed by atoms with Crippen molar-refractivity contribution in [3.05, 3.63) is 0 Å². The number of aliphatic hydroxyl groups excluding tert-OH is 1. The van der Waals surface area contributed by atoms with Gasteiger partial charge in [0.25, 0.3) is 0 Å². The van der Waals surface area contributed by atoms with Crippen LogP contribution in [0.4, 0.5) is 0 Å². The van der Waals surface area contributed by atoms with Gasteiger partial charge in [-0.25, -0.2) is 0 Å². The molecule has 6 aliphatic rings. The van der Waals surface area contributed by atoms with E-state index in [2.05, 4.69) is 53.8 Å². The van der Waals surface area contributed by atoms with Gasteiger partial charge in [0.1, 0.15) is 0 Å². The molecule has 0 aromatic rings. The molecule has 6 heteroatoms. The Labute approximate surface area is 241 Å². The van der Waals surface area contributed by atoms with Crippen LogP contribution in [0.25, 0.3) is 0 Å². The number of nitrogens with one attached hydrogen (secondary N) is 1. The Balaban J connectivity index is 1.32. The molecule has 11 atom stereocenters. The van der Waals surface area contributed by atoms with Crippen molar-refractivity contribution in [1.29, 1.82) is 0 Å². The van der Waals surface area contributed by atoms with Gasteiger partial charge in [-0.05, 0) is 114 Å². The van der Waals surface area contributed by atoms with Gasteiger partial charge in [0.15, 0.2) is 0 Å². The SMILES string of the molecule is CC1(C)CC[C@]23CC[C@]4(C)[C@H](CC[C@@H]5[C@@]6(C)C[C@H](NC(=O)CCC(=O)O)[C@H](O)C(C)(C)[C@@H]6CC[C@]54C)[C@H]2[C@H]1OC3. The van der Waals surface area contributed by atoms with Crippen LogP contribution in [-0.4, -0.2) is 46.9 Å². The second-order valence-electron chi connectivity index (χ2n) is 17.3. The first-order valence-corrected chi connectivity index (χ1v) is 16.3. The molecule has 1 saturated heterocycles. The fourth-order valence-corrected chi connectivity index (χ4v) is 12.8. The lowest BCUT2D eigenvalue weighted by molar-refractivity contribution is -0.255. The Morgan fingerprint density at radius 3 is 2.25 bits per heavy atom. The first kappa shape index (κ1) is 29.0. The zero-order chi connectivity index (χ0) is 29.1. The van der Waals surface area contributed by atoms with E-state index in [1.165, 1.54) is 44.9 Å². The lowest BCUT2D eigenvalue weighted by Gasteiger charge is -2.73. The van der Waals surface area contributed by atoms with Crippen LogP contribution < -0.4 is 5.32 Å². The maximum absolute atomic E-state index is 12.8. The van der Waals surface area contributed by atoms with Crippen molar-refractivity contribution >= 4 is 11.9 Å². The van der Waals surface area contributed by atoms with Crippen LogP contribution in [0.5, 0.6) is 0 Å². The van der Waals surface area contributed by atoms with Gasteiger partial charge in [-0.15, -0.1) is 0 Å². The number of aliphatic hydroxyl groups is 1. The molecule has 0 aromatic heterocycles. The van der Waals surface area contributed by atoms with Crippen molar-refractivity contribution in [2.75, 3.05) is 6.61 Å². The van der Waals surface area contributed by atoms with Gasteiger partial charge in [-0.1, -0.05) is 48.5 Å². The van der Waals surface area contributed by atoms with Crippen LogP contribution in [0.1, 0.15) is 119 Å². The fourth-order valence-electron chi connectivity index (χ4n) is 12.8. The van der Waals surface area contributed by atoms with Gasteiger partial charge in [-0.2, -0.15) is 0 Å². The largest absolute Gasteiger partial charge is 0.481 e. The van der Waals surface area contributed by atoms with Crippen molar-refractivity contribution < 1.29 is 24.5 Å². The molecule has 1 heterocycles. The summed E-state index contributed by atoms with van der Waals surface area (Å²) in [4.78, 5) is 23.8. The summed E-state index contributed by atoms with van der Waals surface area (Å²) in [6.07, 6.45) is 10.3. The Morgan fingerprint density at radius 2 is 1.55 bits per heavy atom. The van der Waals surface area contributed by atoms with Gasteiger partial charge in [0.2, 0.25) is 5.91 Å². The van der Waals surface area contributed by atoms with E-state index in [1.807, 2.05) is 0 Å². The highest BCUT2D eigenvalue weighted by Gasteiger charge is 2.73. The Kier molecular flexibility index (Phi) is 6.47. The summed E-state index contributed by atoms with van der Waals surface area (Å²) < 4.78 is 6.72. The van der Waals surface area contributed by atoms with Crippen LogP contribution in [-0.2, 0) is 14.3 Å². The minimum Gasteiger partial charge on any atom is -0.481 e. The van der Waals surface area contributed by atoms with E-state index >= 15 is 0 Å². The number of carbonyl (C=O) groups excluding carboxylic acids is 1. The summed E-state index contributed by atoms with van der Waals surface area (Å²) in [7, 11) is 0. The zero-order valence-corrected chi connectivity index (χ0v) is 26.1. The number of hydrogen-bond donors (Lipinski definition) is 3. The van der Waals surface area contributed by atoms with E-state index in [0.29, 0.717) is 35.2 Å². The summed E-state index contributed by atoms with van der Waals surface area (Å²) in [6.45, 7) is 18.0. The lowest BCUT2D eigenvalue weighted by atomic mass is 9.31. The molecular weight excluding hydrogens is 502 g/mol. The van der Waals surface area contributed by atoms with Gasteiger partial charge in [-0.3, -0.25) is 9.59 Å². The van der Waals surface area contributed by atoms with Crippen LogP contribution in [0.15, 0.2) is 0 Å². The molecule has 6 rings (SSSR count). The summed E-state index contributed by atoms with van der Waals surface area (Å²) in [6, 6.07) is -0.344. The van der Waals surface area contributed by atoms with Gasteiger partial charge >= 0.3 is 5.97 Å². The number of carbonyl (C=O) groups is 2. The maximum atomic E-state index is 12.8. The van der Waals surface area contributed by atoms with Gasteiger partial charge in [0, 0.05) is 6.42 Å². The van der Waals surface area contributed by atoms with E-state index in [9.17, 15) is 14.7 Å². The first-order chi connectivity index (χ1) is 18.5. The lowest BCUT2D eigenvalue weighted by Crippen LogP contribution is -2.70. The molecule has 3 N–H and O–H groups in total. The quantitative estimate of drug-likeness (QED) is 0.383. The standard InChI is InChI=1S/C34H55NO5/c1-29(2)14-16-34-17-15-32(6)20(26(34)28(29)40-19-34)8-9-23-31(5)18-21(35-24(36)10-11-25(37)38)27(39)30(3,4)22(31)12-13-33(23,32)7/h20-23,26-28,39H,8-19H2,1-7H3,(H,35,36)(H,37,38)/t20-,21+,22+,23-,26+,27+,28-,31+,32-,33-,34-/m1/s1. The predicted octanol–water partition coefficient (Wildman–Crippen LogP) is 6.20. The predicted molar refractivity (Wildman–Crippen MR) is 154 cm³/mol. The molecule has 0 aromatic carbocycles. The van der Waals surface area contributed by atoms with Crippen molar-refractivity contribution in [3.63, 3.8) is 0 Å². The fraction of sp³-hybridized carbons (Fsp3) is 0.941. The highest BCUT2D eigenvalue weighted by Crippen LogP contribution is 2.78.